The van der Waals surface area contributed by atoms with Crippen molar-refractivity contribution in [3.8, 4) is 17.2 Å². The summed E-state index contributed by atoms with van der Waals surface area (Å²) in [6.07, 6.45) is 0. The maximum Gasteiger partial charge on any atom is 0.131 e. The van der Waals surface area contributed by atoms with Crippen LogP contribution >= 0.6 is 15.9 Å². The number of phenols is 1. The average Bonchev–Trinajstić information content (AvgIpc) is 2.37. The summed E-state index contributed by atoms with van der Waals surface area (Å²) in [5, 5.41) is 12.1. The summed E-state index contributed by atoms with van der Waals surface area (Å²) in [5.74, 6) is 1.64. The van der Waals surface area contributed by atoms with Crippen LogP contribution in [0, 0.1) is 0 Å². The van der Waals surface area contributed by atoms with Crippen LogP contribution in [0.2, 0.25) is 0 Å². The lowest BCUT2D eigenvalue weighted by Gasteiger charge is -2.12. The van der Waals surface area contributed by atoms with E-state index < -0.39 is 0 Å². The molecular weight excluding hydrogens is 284 g/mol. The number of hydrogen-bond acceptors (Lipinski definition) is 3. The summed E-state index contributed by atoms with van der Waals surface area (Å²) in [7, 11) is 1.60. The molecule has 0 unspecified atom stereocenters. The third-order valence-corrected chi connectivity index (χ3v) is 2.82. The van der Waals surface area contributed by atoms with Crippen molar-refractivity contribution in [1.82, 2.24) is 0 Å². The van der Waals surface area contributed by atoms with E-state index in [1.807, 2.05) is 18.2 Å². The zero-order valence-electron chi connectivity index (χ0n) is 9.44. The Balaban J connectivity index is 2.63. The van der Waals surface area contributed by atoms with Gasteiger partial charge in [0.1, 0.15) is 17.2 Å². The molecule has 4 heteroatoms. The molecule has 0 aliphatic heterocycles. The molecule has 2 aromatic rings. The Morgan fingerprint density at radius 2 is 2.00 bits per heavy atom. The zero-order chi connectivity index (χ0) is 12.3. The average molecular weight is 297 g/mol. The fraction of sp³-hybridized carbons (Fsp3) is 0.231. The molecular formula is C13H13BrO3. The first-order valence-electron chi connectivity index (χ1n) is 5.25. The van der Waals surface area contributed by atoms with Gasteiger partial charge in [0.15, 0.2) is 0 Å². The molecule has 0 amide bonds. The van der Waals surface area contributed by atoms with Gasteiger partial charge in [0.25, 0.3) is 0 Å². The van der Waals surface area contributed by atoms with E-state index in [1.54, 1.807) is 19.2 Å². The van der Waals surface area contributed by atoms with Crippen molar-refractivity contribution >= 4 is 26.7 Å². The quantitative estimate of drug-likeness (QED) is 0.880. The highest BCUT2D eigenvalue weighted by Gasteiger charge is 2.11. The van der Waals surface area contributed by atoms with E-state index in [0.717, 1.165) is 21.9 Å². The Kier molecular flexibility index (Phi) is 3.74. The molecule has 3 nitrogen and oxygen atoms in total. The number of ether oxygens (including phenoxy) is 2. The van der Waals surface area contributed by atoms with Gasteiger partial charge >= 0.3 is 0 Å². The molecule has 0 aliphatic rings. The van der Waals surface area contributed by atoms with Gasteiger partial charge in [0.05, 0.1) is 19.1 Å². The van der Waals surface area contributed by atoms with Gasteiger partial charge < -0.3 is 14.6 Å². The maximum absolute atomic E-state index is 9.82. The van der Waals surface area contributed by atoms with Crippen LogP contribution in [0.5, 0.6) is 17.2 Å². The van der Waals surface area contributed by atoms with Crippen LogP contribution in [0.4, 0.5) is 0 Å². The fourth-order valence-electron chi connectivity index (χ4n) is 1.77. The topological polar surface area (TPSA) is 38.7 Å². The number of rotatable bonds is 4. The summed E-state index contributed by atoms with van der Waals surface area (Å²) in [5.41, 5.74) is 0. The summed E-state index contributed by atoms with van der Waals surface area (Å²) >= 11 is 3.32. The molecule has 0 aromatic heterocycles. The molecule has 17 heavy (non-hydrogen) atoms. The number of alkyl halides is 1. The Hall–Kier alpha value is -1.42. The number of benzene rings is 2. The molecule has 0 aliphatic carbocycles. The van der Waals surface area contributed by atoms with Crippen LogP contribution in [0.15, 0.2) is 30.3 Å². The molecule has 0 radical (unpaired) electrons. The lowest BCUT2D eigenvalue weighted by molar-refractivity contribution is 0.346. The number of aromatic hydroxyl groups is 1. The zero-order valence-corrected chi connectivity index (χ0v) is 11.0. The molecule has 2 aromatic carbocycles. The van der Waals surface area contributed by atoms with Crippen molar-refractivity contribution in [3.05, 3.63) is 30.3 Å². The SMILES string of the molecule is COc1cccc2c(O)ccc(OCCBr)c12. The van der Waals surface area contributed by atoms with E-state index in [4.69, 9.17) is 9.47 Å². The van der Waals surface area contributed by atoms with E-state index >= 15 is 0 Å². The number of halogens is 1. The lowest BCUT2D eigenvalue weighted by Crippen LogP contribution is -1.99. The molecule has 90 valence electrons. The lowest BCUT2D eigenvalue weighted by atomic mass is 10.1. The third-order valence-electron chi connectivity index (χ3n) is 2.50. The van der Waals surface area contributed by atoms with Crippen molar-refractivity contribution in [2.24, 2.45) is 0 Å². The minimum absolute atomic E-state index is 0.227. The van der Waals surface area contributed by atoms with Crippen LogP contribution in [0.25, 0.3) is 10.8 Å². The molecule has 0 spiro atoms. The first kappa shape index (κ1) is 12.0. The number of fused-ring (bicyclic) bond motifs is 1. The Morgan fingerprint density at radius 3 is 2.71 bits per heavy atom. The Bertz CT molecular complexity index is 525. The van der Waals surface area contributed by atoms with Crippen molar-refractivity contribution in [1.29, 1.82) is 0 Å². The minimum atomic E-state index is 0.227. The Morgan fingerprint density at radius 1 is 1.18 bits per heavy atom. The van der Waals surface area contributed by atoms with Crippen LogP contribution in [0.1, 0.15) is 0 Å². The van der Waals surface area contributed by atoms with Gasteiger partial charge in [-0.1, -0.05) is 28.1 Å². The summed E-state index contributed by atoms with van der Waals surface area (Å²) < 4.78 is 10.9. The number of methoxy groups -OCH3 is 1. The first-order chi connectivity index (χ1) is 8.27. The summed E-state index contributed by atoms with van der Waals surface area (Å²) in [6, 6.07) is 8.92. The van der Waals surface area contributed by atoms with Crippen LogP contribution in [0.3, 0.4) is 0 Å². The predicted octanol–water partition coefficient (Wildman–Crippen LogP) is 3.33. The molecule has 0 saturated heterocycles. The normalized spacial score (nSPS) is 10.5. The standard InChI is InChI=1S/C13H13BrO3/c1-16-11-4-2-3-9-10(15)5-6-12(13(9)11)17-8-7-14/h2-6,15H,7-8H2,1H3. The summed E-state index contributed by atoms with van der Waals surface area (Å²) in [4.78, 5) is 0. The second-order valence-electron chi connectivity index (χ2n) is 3.50. The van der Waals surface area contributed by atoms with E-state index in [-0.39, 0.29) is 5.75 Å². The highest BCUT2D eigenvalue weighted by molar-refractivity contribution is 9.09. The van der Waals surface area contributed by atoms with Gasteiger partial charge in [0.2, 0.25) is 0 Å². The van der Waals surface area contributed by atoms with Gasteiger partial charge in [0, 0.05) is 10.7 Å². The van der Waals surface area contributed by atoms with Crippen molar-refractivity contribution in [3.63, 3.8) is 0 Å². The molecule has 0 heterocycles. The van der Waals surface area contributed by atoms with Gasteiger partial charge in [-0.05, 0) is 18.2 Å². The molecule has 2 rings (SSSR count). The third kappa shape index (κ3) is 2.31. The second-order valence-corrected chi connectivity index (χ2v) is 4.30. The van der Waals surface area contributed by atoms with Gasteiger partial charge in [-0.3, -0.25) is 0 Å². The largest absolute Gasteiger partial charge is 0.507 e. The molecule has 0 atom stereocenters. The molecule has 1 N–H and O–H groups in total. The van der Waals surface area contributed by atoms with E-state index in [1.165, 1.54) is 0 Å². The Labute approximate surface area is 108 Å². The minimum Gasteiger partial charge on any atom is -0.507 e. The number of hydrogen-bond donors (Lipinski definition) is 1. The summed E-state index contributed by atoms with van der Waals surface area (Å²) in [6.45, 7) is 0.567. The van der Waals surface area contributed by atoms with Gasteiger partial charge in [-0.2, -0.15) is 0 Å². The smallest absolute Gasteiger partial charge is 0.131 e. The monoisotopic (exact) mass is 296 g/mol. The van der Waals surface area contributed by atoms with Gasteiger partial charge in [-0.15, -0.1) is 0 Å². The van der Waals surface area contributed by atoms with Crippen molar-refractivity contribution in [2.45, 2.75) is 0 Å². The van der Waals surface area contributed by atoms with Crippen LogP contribution < -0.4 is 9.47 Å². The van der Waals surface area contributed by atoms with E-state index in [9.17, 15) is 5.11 Å². The predicted molar refractivity (Wildman–Crippen MR) is 71.5 cm³/mol. The van der Waals surface area contributed by atoms with Crippen LogP contribution in [-0.2, 0) is 0 Å². The maximum atomic E-state index is 9.82. The van der Waals surface area contributed by atoms with E-state index in [2.05, 4.69) is 15.9 Å². The number of phenolic OH excluding ortho intramolecular Hbond substituents is 1. The van der Waals surface area contributed by atoms with Crippen molar-refractivity contribution < 1.29 is 14.6 Å². The highest BCUT2D eigenvalue weighted by atomic mass is 79.9. The molecule has 0 bridgehead atoms. The fourth-order valence-corrected chi connectivity index (χ4v) is 1.93. The molecule has 0 saturated carbocycles. The second kappa shape index (κ2) is 5.27. The van der Waals surface area contributed by atoms with E-state index in [0.29, 0.717) is 12.4 Å². The highest BCUT2D eigenvalue weighted by Crippen LogP contribution is 2.38. The van der Waals surface area contributed by atoms with Gasteiger partial charge in [-0.25, -0.2) is 0 Å². The first-order valence-corrected chi connectivity index (χ1v) is 6.37. The molecule has 0 fully saturated rings. The van der Waals surface area contributed by atoms with Crippen LogP contribution in [-0.4, -0.2) is 24.2 Å². The van der Waals surface area contributed by atoms with Crippen molar-refractivity contribution in [2.75, 3.05) is 19.0 Å².